The molecule has 0 spiro atoms. The summed E-state index contributed by atoms with van der Waals surface area (Å²) in [6, 6.07) is 29.3. The van der Waals surface area contributed by atoms with Crippen molar-refractivity contribution in [1.82, 2.24) is 0 Å². The molecule has 10 atom stereocenters. The Bertz CT molecular complexity index is 1490. The molecule has 0 unspecified atom stereocenters. The summed E-state index contributed by atoms with van der Waals surface area (Å²) in [6.07, 6.45) is -7.80. The number of fused-ring (bicyclic) bond motifs is 1. The number of halogens is 1. The van der Waals surface area contributed by atoms with Crippen LogP contribution in [-0.2, 0) is 67.2 Å². The van der Waals surface area contributed by atoms with Crippen LogP contribution >= 0.6 is 0 Å². The van der Waals surface area contributed by atoms with Crippen molar-refractivity contribution in [3.05, 3.63) is 108 Å². The summed E-state index contributed by atoms with van der Waals surface area (Å²) < 4.78 is 79.2. The van der Waals surface area contributed by atoms with Crippen LogP contribution in [0, 0.1) is 0 Å². The Hall–Kier alpha value is -2.81. The van der Waals surface area contributed by atoms with E-state index >= 15 is 4.39 Å². The van der Waals surface area contributed by atoms with Gasteiger partial charge < -0.3 is 47.4 Å². The summed E-state index contributed by atoms with van der Waals surface area (Å²) in [7, 11) is 0. The van der Waals surface area contributed by atoms with Gasteiger partial charge in [0, 0.05) is 0 Å². The first kappa shape index (κ1) is 35.6. The van der Waals surface area contributed by atoms with E-state index in [1.54, 1.807) is 0 Å². The van der Waals surface area contributed by atoms with Crippen molar-refractivity contribution in [2.24, 2.45) is 0 Å². The van der Waals surface area contributed by atoms with E-state index in [9.17, 15) is 0 Å². The fourth-order valence-electron chi connectivity index (χ4n) is 6.97. The molecule has 0 saturated carbocycles. The van der Waals surface area contributed by atoms with Crippen LogP contribution in [0.1, 0.15) is 44.4 Å². The monoisotopic (exact) mass is 694 g/mol. The van der Waals surface area contributed by atoms with Gasteiger partial charge in [-0.25, -0.2) is 4.39 Å². The Labute approximate surface area is 292 Å². The van der Waals surface area contributed by atoms with Crippen molar-refractivity contribution in [3.8, 4) is 0 Å². The molecule has 4 heterocycles. The summed E-state index contributed by atoms with van der Waals surface area (Å²) in [4.78, 5) is 0. The van der Waals surface area contributed by atoms with Crippen molar-refractivity contribution in [2.75, 3.05) is 13.3 Å². The number of ether oxygens (including phenoxy) is 10. The molecule has 4 aliphatic rings. The molecule has 0 aliphatic carbocycles. The van der Waals surface area contributed by atoms with Crippen molar-refractivity contribution in [3.63, 3.8) is 0 Å². The largest absolute Gasteiger partial charge is 0.368 e. The molecule has 3 aromatic carbocycles. The van der Waals surface area contributed by atoms with Crippen LogP contribution in [0.25, 0.3) is 0 Å². The zero-order valence-electron chi connectivity index (χ0n) is 28.9. The first-order chi connectivity index (χ1) is 24.2. The third kappa shape index (κ3) is 8.29. The lowest BCUT2D eigenvalue weighted by molar-refractivity contribution is -0.342. The zero-order valence-corrected chi connectivity index (χ0v) is 28.9. The van der Waals surface area contributed by atoms with Crippen molar-refractivity contribution in [2.45, 2.75) is 121 Å². The highest BCUT2D eigenvalue weighted by Crippen LogP contribution is 2.43. The van der Waals surface area contributed by atoms with E-state index in [1.165, 1.54) is 0 Å². The van der Waals surface area contributed by atoms with Gasteiger partial charge in [0.25, 0.3) is 0 Å². The van der Waals surface area contributed by atoms with E-state index < -0.39 is 79.7 Å². The molecule has 0 bridgehead atoms. The van der Waals surface area contributed by atoms with Gasteiger partial charge in [-0.15, -0.1) is 0 Å². The van der Waals surface area contributed by atoms with Gasteiger partial charge in [0.15, 0.2) is 24.2 Å². The predicted octanol–water partition coefficient (Wildman–Crippen LogP) is 5.85. The minimum absolute atomic E-state index is 0.225. The van der Waals surface area contributed by atoms with E-state index in [4.69, 9.17) is 47.4 Å². The van der Waals surface area contributed by atoms with Gasteiger partial charge in [-0.05, 0) is 44.4 Å². The minimum Gasteiger partial charge on any atom is -0.368 e. The average Bonchev–Trinajstić information content (AvgIpc) is 3.75. The van der Waals surface area contributed by atoms with Gasteiger partial charge in [-0.1, -0.05) is 91.0 Å². The first-order valence-electron chi connectivity index (χ1n) is 17.3. The topological polar surface area (TPSA) is 92.3 Å². The molecule has 4 saturated heterocycles. The van der Waals surface area contributed by atoms with Crippen LogP contribution in [-0.4, -0.2) is 86.3 Å². The number of hydrogen-bond donors (Lipinski definition) is 0. The molecule has 11 heteroatoms. The second-order valence-corrected chi connectivity index (χ2v) is 14.0. The van der Waals surface area contributed by atoms with Gasteiger partial charge in [0.1, 0.15) is 55.5 Å². The Morgan fingerprint density at radius 1 is 0.600 bits per heavy atom. The molecule has 4 fully saturated rings. The highest BCUT2D eigenvalue weighted by Gasteiger charge is 2.61. The Balaban J connectivity index is 1.21. The number of rotatable bonds is 13. The molecule has 7 rings (SSSR count). The van der Waals surface area contributed by atoms with Crippen molar-refractivity contribution < 1.29 is 51.8 Å². The van der Waals surface area contributed by atoms with E-state index in [0.29, 0.717) is 0 Å². The summed E-state index contributed by atoms with van der Waals surface area (Å²) in [5.74, 6) is -1.72. The molecule has 270 valence electrons. The molecule has 3 aromatic rings. The van der Waals surface area contributed by atoms with Gasteiger partial charge in [0.05, 0.1) is 26.4 Å². The van der Waals surface area contributed by atoms with Crippen LogP contribution in [0.3, 0.4) is 0 Å². The molecular weight excluding hydrogens is 647 g/mol. The van der Waals surface area contributed by atoms with Gasteiger partial charge in [0.2, 0.25) is 0 Å². The highest BCUT2D eigenvalue weighted by atomic mass is 19.1. The maximum absolute atomic E-state index is 15.1. The molecule has 0 N–H and O–H groups in total. The SMILES string of the molecule is CC1(C)O[C@H]2O[C@H]([C@H]3COC(C)(C)O3)[C@H](O[C@@H]3O[C@H](CF)[C@@H](OCc4ccccc4)[C@H](OCc4ccccc4)[C@@H]3OCc3ccccc3)[C@H]2O1. The van der Waals surface area contributed by atoms with E-state index in [-0.39, 0.29) is 26.4 Å². The molecule has 10 nitrogen and oxygen atoms in total. The number of alkyl halides is 1. The van der Waals surface area contributed by atoms with E-state index in [0.717, 1.165) is 16.7 Å². The average molecular weight is 695 g/mol. The molecular formula is C39H47FO10. The molecule has 4 aliphatic heterocycles. The quantitative estimate of drug-likeness (QED) is 0.217. The second kappa shape index (κ2) is 15.4. The van der Waals surface area contributed by atoms with Crippen LogP contribution in [0.15, 0.2) is 91.0 Å². The third-order valence-electron chi connectivity index (χ3n) is 9.31. The van der Waals surface area contributed by atoms with Gasteiger partial charge in [-0.2, -0.15) is 0 Å². The maximum atomic E-state index is 15.1. The molecule has 0 aromatic heterocycles. The lowest BCUT2D eigenvalue weighted by Gasteiger charge is -2.46. The van der Waals surface area contributed by atoms with Crippen molar-refractivity contribution in [1.29, 1.82) is 0 Å². The Kier molecular flexibility index (Phi) is 11.0. The Morgan fingerprint density at radius 2 is 1.14 bits per heavy atom. The molecule has 50 heavy (non-hydrogen) atoms. The number of benzene rings is 3. The predicted molar refractivity (Wildman–Crippen MR) is 178 cm³/mol. The summed E-state index contributed by atoms with van der Waals surface area (Å²) in [6.45, 7) is 7.48. The van der Waals surface area contributed by atoms with Gasteiger partial charge in [-0.3, -0.25) is 0 Å². The van der Waals surface area contributed by atoms with Crippen LogP contribution in [0.2, 0.25) is 0 Å². The van der Waals surface area contributed by atoms with Gasteiger partial charge >= 0.3 is 0 Å². The second-order valence-electron chi connectivity index (χ2n) is 14.0. The summed E-state index contributed by atoms with van der Waals surface area (Å²) >= 11 is 0. The smallest absolute Gasteiger partial charge is 0.190 e. The van der Waals surface area contributed by atoms with Crippen LogP contribution in [0.4, 0.5) is 4.39 Å². The third-order valence-corrected chi connectivity index (χ3v) is 9.31. The fraction of sp³-hybridized carbons (Fsp3) is 0.538. The molecule has 0 amide bonds. The maximum Gasteiger partial charge on any atom is 0.190 e. The lowest BCUT2D eigenvalue weighted by Crippen LogP contribution is -2.62. The fourth-order valence-corrected chi connectivity index (χ4v) is 6.97. The normalized spacial score (nSPS) is 34.5. The zero-order chi connectivity index (χ0) is 34.7. The number of hydrogen-bond acceptors (Lipinski definition) is 10. The van der Waals surface area contributed by atoms with E-state index in [1.807, 2.05) is 119 Å². The standard InChI is InChI=1S/C39H47FO10/c1-38(2)44-24-29(48-38)31-33(35-37(46-31)50-39(3,4)49-35)47-36-34(43-23-27-18-12-7-13-19-27)32(42-22-26-16-10-6-11-17-26)30(28(20-40)45-36)41-21-25-14-8-5-9-15-25/h5-19,28-37H,20-24H2,1-4H3/t28-,29-,30-,31-,32+,33+,34+,35-,36+,37-/m1/s1. The van der Waals surface area contributed by atoms with Crippen LogP contribution < -0.4 is 0 Å². The molecule has 0 radical (unpaired) electrons. The summed E-state index contributed by atoms with van der Waals surface area (Å²) in [5, 5.41) is 0. The first-order valence-corrected chi connectivity index (χ1v) is 17.3. The van der Waals surface area contributed by atoms with Crippen LogP contribution in [0.5, 0.6) is 0 Å². The lowest BCUT2D eigenvalue weighted by atomic mass is 9.97. The highest BCUT2D eigenvalue weighted by molar-refractivity contribution is 5.16. The van der Waals surface area contributed by atoms with E-state index in [2.05, 4.69) is 0 Å². The minimum atomic E-state index is -1.10. The summed E-state index contributed by atoms with van der Waals surface area (Å²) in [5.41, 5.74) is 2.83. The van der Waals surface area contributed by atoms with Crippen molar-refractivity contribution >= 4 is 0 Å². The Morgan fingerprint density at radius 3 is 1.66 bits per heavy atom.